The highest BCUT2D eigenvalue weighted by atomic mass is 35.5. The van der Waals surface area contributed by atoms with Gasteiger partial charge in [-0.2, -0.15) is 0 Å². The van der Waals surface area contributed by atoms with Crippen LogP contribution in [0.2, 0.25) is 5.02 Å². The third kappa shape index (κ3) is 19.1. The Kier molecular flexibility index (Phi) is 20.9. The van der Waals surface area contributed by atoms with E-state index in [0.29, 0.717) is 36.7 Å². The van der Waals surface area contributed by atoms with Crippen LogP contribution in [-0.2, 0) is 9.59 Å². The Morgan fingerprint density at radius 1 is 0.809 bits per heavy atom. The topological polar surface area (TPSA) is 82.7 Å². The van der Waals surface area contributed by atoms with Gasteiger partial charge in [0.05, 0.1) is 0 Å². The Hall–Kier alpha value is -3.39. The molecule has 47 heavy (non-hydrogen) atoms. The molecule has 1 aromatic carbocycles. The van der Waals surface area contributed by atoms with E-state index >= 15 is 0 Å². The molecule has 258 valence electrons. The number of amides is 2. The molecular weight excluding hydrogens is 608 g/mol. The van der Waals surface area contributed by atoms with E-state index in [0.717, 1.165) is 64.7 Å². The van der Waals surface area contributed by atoms with Gasteiger partial charge < -0.3 is 20.7 Å². The van der Waals surface area contributed by atoms with Crippen LogP contribution in [0.3, 0.4) is 0 Å². The Balaban J connectivity index is 1.64. The molecule has 1 aliphatic heterocycles. The van der Waals surface area contributed by atoms with Crippen molar-refractivity contribution in [2.45, 2.75) is 83.8 Å². The Bertz CT molecular complexity index is 1200. The van der Waals surface area contributed by atoms with Crippen molar-refractivity contribution in [2.24, 2.45) is 0 Å². The highest BCUT2D eigenvalue weighted by Gasteiger charge is 2.31. The first kappa shape index (κ1) is 39.8. The maximum absolute atomic E-state index is 13.1. The number of halogens is 1. The lowest BCUT2D eigenvalue weighted by Gasteiger charge is -2.36. The second kappa shape index (κ2) is 24.7. The molecule has 0 aliphatic carbocycles. The van der Waals surface area contributed by atoms with Gasteiger partial charge in [0.15, 0.2) is 5.60 Å². The van der Waals surface area contributed by atoms with Gasteiger partial charge in [-0.1, -0.05) is 91.4 Å². The van der Waals surface area contributed by atoms with Gasteiger partial charge in [0.2, 0.25) is 5.91 Å². The second-order valence-electron chi connectivity index (χ2n) is 12.0. The van der Waals surface area contributed by atoms with Crippen molar-refractivity contribution in [1.82, 2.24) is 20.9 Å². The summed E-state index contributed by atoms with van der Waals surface area (Å²) in [4.78, 5) is 28.0. The summed E-state index contributed by atoms with van der Waals surface area (Å²) in [5.41, 5.74) is -1.07. The molecule has 0 saturated carbocycles. The molecule has 7 nitrogen and oxygen atoms in total. The number of allylic oxidation sites excluding steroid dienone is 12. The van der Waals surface area contributed by atoms with Crippen molar-refractivity contribution in [3.63, 3.8) is 0 Å². The lowest BCUT2D eigenvalue weighted by molar-refractivity contribution is -0.134. The van der Waals surface area contributed by atoms with Crippen LogP contribution in [0.15, 0.2) is 97.2 Å². The fourth-order valence-electron chi connectivity index (χ4n) is 4.82. The van der Waals surface area contributed by atoms with Gasteiger partial charge in [-0.25, -0.2) is 0 Å². The van der Waals surface area contributed by atoms with Crippen LogP contribution in [0, 0.1) is 0 Å². The second-order valence-corrected chi connectivity index (χ2v) is 12.4. The van der Waals surface area contributed by atoms with Crippen LogP contribution in [0.5, 0.6) is 5.75 Å². The lowest BCUT2D eigenvalue weighted by Crippen LogP contribution is -2.57. The van der Waals surface area contributed by atoms with E-state index in [9.17, 15) is 9.59 Å². The van der Waals surface area contributed by atoms with Crippen LogP contribution >= 0.6 is 11.6 Å². The van der Waals surface area contributed by atoms with Crippen molar-refractivity contribution in [2.75, 3.05) is 39.3 Å². The lowest BCUT2D eigenvalue weighted by atomic mass is 10.1. The number of carbonyl (C=O) groups is 2. The van der Waals surface area contributed by atoms with Gasteiger partial charge in [-0.05, 0) is 83.1 Å². The molecule has 1 unspecified atom stereocenters. The van der Waals surface area contributed by atoms with E-state index in [-0.39, 0.29) is 17.9 Å². The largest absolute Gasteiger partial charge is 0.478 e. The number of nitrogens with zero attached hydrogens (tertiary/aromatic N) is 1. The van der Waals surface area contributed by atoms with Crippen molar-refractivity contribution in [1.29, 1.82) is 0 Å². The molecule has 2 amide bonds. The van der Waals surface area contributed by atoms with Gasteiger partial charge in [0.1, 0.15) is 5.75 Å². The number of rotatable bonds is 22. The molecule has 0 aromatic heterocycles. The van der Waals surface area contributed by atoms with Crippen LogP contribution in [0.25, 0.3) is 0 Å². The van der Waals surface area contributed by atoms with Gasteiger partial charge in [-0.3, -0.25) is 14.5 Å². The minimum atomic E-state index is -1.07. The minimum absolute atomic E-state index is 0.0118. The molecule has 3 N–H and O–H groups in total. The van der Waals surface area contributed by atoms with E-state index in [4.69, 9.17) is 16.3 Å². The smallest absolute Gasteiger partial charge is 0.263 e. The maximum atomic E-state index is 13.1. The molecule has 2 rings (SSSR count). The monoisotopic (exact) mass is 664 g/mol. The number of ether oxygens (including phenoxy) is 1. The molecule has 1 atom stereocenters. The summed E-state index contributed by atoms with van der Waals surface area (Å²) in [6, 6.07) is 6.95. The predicted octanol–water partition coefficient (Wildman–Crippen LogP) is 7.48. The summed E-state index contributed by atoms with van der Waals surface area (Å²) in [5.74, 6) is 0.381. The Morgan fingerprint density at radius 3 is 1.83 bits per heavy atom. The number of nitrogens with one attached hydrogen (secondary N) is 3. The highest BCUT2D eigenvalue weighted by Crippen LogP contribution is 2.21. The van der Waals surface area contributed by atoms with Gasteiger partial charge in [-0.15, -0.1) is 0 Å². The van der Waals surface area contributed by atoms with Crippen molar-refractivity contribution >= 4 is 23.4 Å². The van der Waals surface area contributed by atoms with Crippen LogP contribution in [0.4, 0.5) is 0 Å². The number of benzene rings is 1. The quantitative estimate of drug-likeness (QED) is 0.112. The summed E-state index contributed by atoms with van der Waals surface area (Å²) in [6.07, 6.45) is 33.1. The van der Waals surface area contributed by atoms with E-state index < -0.39 is 5.60 Å². The number of piperazine rings is 1. The van der Waals surface area contributed by atoms with Crippen LogP contribution < -0.4 is 20.7 Å². The molecule has 1 aliphatic rings. The summed E-state index contributed by atoms with van der Waals surface area (Å²) in [7, 11) is 0. The zero-order valence-corrected chi connectivity index (χ0v) is 29.5. The third-order valence-corrected chi connectivity index (χ3v) is 7.82. The number of carbonyl (C=O) groups excluding carboxylic acids is 2. The summed E-state index contributed by atoms with van der Waals surface area (Å²) < 4.78 is 5.94. The normalized spacial score (nSPS) is 15.6. The first-order valence-electron chi connectivity index (χ1n) is 17.2. The number of hydrogen-bond acceptors (Lipinski definition) is 5. The average molecular weight is 665 g/mol. The Morgan fingerprint density at radius 2 is 1.30 bits per heavy atom. The Labute approximate surface area is 288 Å². The standard InChI is InChI=1S/C39H57ClN4O3/c1-4-5-6-7-8-9-10-11-12-13-14-15-16-17-18-19-20-21-22-23-37(45)42-32-35(44-30-28-41-29-31-44)33-43-38(46)39(2,3)47-36-26-24-34(40)25-27-36/h5-6,8-9,11-12,14-15,17-18,20-21,24-27,35,41H,4,7,10,13,16,19,22-23,28-33H2,1-3H3,(H,42,45)(H,43,46)/b6-5-,9-8-,12-11-,15-14-,18-17-,21-20-. The summed E-state index contributed by atoms with van der Waals surface area (Å²) in [5, 5.41) is 10.1. The molecule has 0 bridgehead atoms. The summed E-state index contributed by atoms with van der Waals surface area (Å²) in [6.45, 7) is 10.0. The van der Waals surface area contributed by atoms with Gasteiger partial charge in [0, 0.05) is 56.8 Å². The van der Waals surface area contributed by atoms with Crippen molar-refractivity contribution in [3.8, 4) is 5.75 Å². The highest BCUT2D eigenvalue weighted by molar-refractivity contribution is 6.30. The van der Waals surface area contributed by atoms with E-state index in [1.807, 2.05) is 0 Å². The van der Waals surface area contributed by atoms with Crippen molar-refractivity contribution in [3.05, 3.63) is 102 Å². The third-order valence-electron chi connectivity index (χ3n) is 7.57. The van der Waals surface area contributed by atoms with Gasteiger partial charge >= 0.3 is 0 Å². The van der Waals surface area contributed by atoms with Crippen LogP contribution in [0.1, 0.15) is 72.1 Å². The molecule has 1 saturated heterocycles. The molecule has 0 spiro atoms. The molecule has 8 heteroatoms. The zero-order chi connectivity index (χ0) is 34.0. The first-order chi connectivity index (χ1) is 22.8. The summed E-state index contributed by atoms with van der Waals surface area (Å²) >= 11 is 5.97. The van der Waals surface area contributed by atoms with E-state index in [1.165, 1.54) is 0 Å². The number of hydrogen-bond donors (Lipinski definition) is 3. The minimum Gasteiger partial charge on any atom is -0.478 e. The fraction of sp³-hybridized carbons (Fsp3) is 0.487. The average Bonchev–Trinajstić information content (AvgIpc) is 3.07. The molecular formula is C39H57ClN4O3. The molecule has 1 fully saturated rings. The SMILES string of the molecule is CC/C=C\C/C=C\C/C=C\C/C=C\C/C=C\C/C=C\CCC(=O)NCC(CNC(=O)C(C)(C)Oc1ccc(Cl)cc1)N1CCNCC1. The van der Waals surface area contributed by atoms with Crippen molar-refractivity contribution < 1.29 is 14.3 Å². The van der Waals surface area contributed by atoms with E-state index in [1.54, 1.807) is 38.1 Å². The van der Waals surface area contributed by atoms with Crippen LogP contribution in [-0.4, -0.2) is 67.6 Å². The molecule has 1 heterocycles. The zero-order valence-electron chi connectivity index (χ0n) is 28.8. The maximum Gasteiger partial charge on any atom is 0.263 e. The molecule has 1 aromatic rings. The van der Waals surface area contributed by atoms with Gasteiger partial charge in [0.25, 0.3) is 5.91 Å². The fourth-order valence-corrected chi connectivity index (χ4v) is 4.94. The van der Waals surface area contributed by atoms with E-state index in [2.05, 4.69) is 101 Å². The molecule has 0 radical (unpaired) electrons. The first-order valence-corrected chi connectivity index (χ1v) is 17.5. The predicted molar refractivity (Wildman–Crippen MR) is 198 cm³/mol.